The number of aromatic nitrogens is 2. The van der Waals surface area contributed by atoms with Crippen molar-refractivity contribution < 1.29 is 4.79 Å². The molecule has 0 aromatic carbocycles. The van der Waals surface area contributed by atoms with Crippen LogP contribution in [0.15, 0.2) is 6.07 Å². The number of hydrogen-bond donors (Lipinski definition) is 2. The molecule has 0 aliphatic heterocycles. The highest BCUT2D eigenvalue weighted by atomic mass is 32.1. The molecule has 1 aromatic heterocycles. The number of thiol groups is 1. The van der Waals surface area contributed by atoms with Crippen molar-refractivity contribution in [3.05, 3.63) is 11.8 Å². The van der Waals surface area contributed by atoms with Crippen LogP contribution in [-0.2, 0) is 0 Å². The molecule has 0 amide bonds. The standard InChI is InChI=1S/C7H11N3OS/c1-4(2)10-5(7(11)12)3-6(8)9-10/h3-4H,1-2H3,(H2,8,9)(H,11,12). The Morgan fingerprint density at radius 1 is 1.75 bits per heavy atom. The molecule has 0 saturated carbocycles. The molecule has 66 valence electrons. The molecular formula is C7H11N3OS. The van der Waals surface area contributed by atoms with Crippen molar-refractivity contribution >= 4 is 23.6 Å². The summed E-state index contributed by atoms with van der Waals surface area (Å²) in [6.45, 7) is 3.85. The summed E-state index contributed by atoms with van der Waals surface area (Å²) < 4.78 is 1.56. The predicted molar refractivity (Wildman–Crippen MR) is 50.3 cm³/mol. The van der Waals surface area contributed by atoms with Gasteiger partial charge in [-0.1, -0.05) is 12.6 Å². The molecule has 1 rings (SSSR count). The fourth-order valence-corrected chi connectivity index (χ4v) is 1.13. The fraction of sp³-hybridized carbons (Fsp3) is 0.429. The molecule has 4 nitrogen and oxygen atoms in total. The molecule has 0 spiro atoms. The van der Waals surface area contributed by atoms with E-state index >= 15 is 0 Å². The van der Waals surface area contributed by atoms with Gasteiger partial charge in [0.05, 0.1) is 0 Å². The van der Waals surface area contributed by atoms with Crippen molar-refractivity contribution in [2.75, 3.05) is 5.73 Å². The van der Waals surface area contributed by atoms with Crippen molar-refractivity contribution in [3.8, 4) is 0 Å². The minimum Gasteiger partial charge on any atom is -0.382 e. The number of rotatable bonds is 2. The first kappa shape index (κ1) is 9.12. The van der Waals surface area contributed by atoms with Gasteiger partial charge in [-0.25, -0.2) is 0 Å². The Kier molecular flexibility index (Phi) is 2.42. The van der Waals surface area contributed by atoms with Crippen LogP contribution in [0.4, 0.5) is 5.82 Å². The van der Waals surface area contributed by atoms with Crippen LogP contribution in [0.2, 0.25) is 0 Å². The van der Waals surface area contributed by atoms with Gasteiger partial charge in [-0.3, -0.25) is 9.48 Å². The van der Waals surface area contributed by atoms with E-state index < -0.39 is 0 Å². The van der Waals surface area contributed by atoms with Crippen molar-refractivity contribution in [1.29, 1.82) is 0 Å². The molecule has 1 heterocycles. The minimum atomic E-state index is -0.312. The van der Waals surface area contributed by atoms with Crippen LogP contribution in [0.5, 0.6) is 0 Å². The normalized spacial score (nSPS) is 10.7. The number of carbonyl (C=O) groups excluding carboxylic acids is 1. The van der Waals surface area contributed by atoms with Gasteiger partial charge in [-0.05, 0) is 13.8 Å². The van der Waals surface area contributed by atoms with Gasteiger partial charge in [0.25, 0.3) is 0 Å². The maximum absolute atomic E-state index is 10.9. The Morgan fingerprint density at radius 2 is 2.33 bits per heavy atom. The second kappa shape index (κ2) is 3.18. The van der Waals surface area contributed by atoms with E-state index in [2.05, 4.69) is 17.7 Å². The molecule has 12 heavy (non-hydrogen) atoms. The monoisotopic (exact) mass is 185 g/mol. The smallest absolute Gasteiger partial charge is 0.234 e. The highest BCUT2D eigenvalue weighted by molar-refractivity contribution is 7.97. The molecular weight excluding hydrogens is 174 g/mol. The summed E-state index contributed by atoms with van der Waals surface area (Å²) in [5, 5.41) is 3.64. The maximum atomic E-state index is 10.9. The van der Waals surface area contributed by atoms with E-state index in [9.17, 15) is 4.79 Å². The molecule has 1 aromatic rings. The Hall–Kier alpha value is -0.970. The molecule has 0 radical (unpaired) electrons. The Labute approximate surface area is 76.2 Å². The summed E-state index contributed by atoms with van der Waals surface area (Å²) in [6, 6.07) is 1.64. The first-order valence-corrected chi connectivity index (χ1v) is 4.05. The van der Waals surface area contributed by atoms with Crippen molar-refractivity contribution in [2.45, 2.75) is 19.9 Å². The third-order valence-corrected chi connectivity index (χ3v) is 1.69. The van der Waals surface area contributed by atoms with Gasteiger partial charge in [-0.2, -0.15) is 5.10 Å². The topological polar surface area (TPSA) is 60.9 Å². The fourth-order valence-electron chi connectivity index (χ4n) is 0.967. The lowest BCUT2D eigenvalue weighted by Gasteiger charge is -2.07. The van der Waals surface area contributed by atoms with E-state index in [1.807, 2.05) is 13.8 Å². The van der Waals surface area contributed by atoms with Crippen molar-refractivity contribution in [2.24, 2.45) is 0 Å². The second-order valence-electron chi connectivity index (χ2n) is 2.80. The summed E-state index contributed by atoms with van der Waals surface area (Å²) in [4.78, 5) is 10.9. The quantitative estimate of drug-likeness (QED) is 0.679. The van der Waals surface area contributed by atoms with E-state index in [0.717, 1.165) is 0 Å². The number of nitrogens with two attached hydrogens (primary N) is 1. The average Bonchev–Trinajstić information content (AvgIpc) is 2.31. The van der Waals surface area contributed by atoms with Crippen molar-refractivity contribution in [3.63, 3.8) is 0 Å². The minimum absolute atomic E-state index is 0.119. The van der Waals surface area contributed by atoms with E-state index in [-0.39, 0.29) is 11.2 Å². The lowest BCUT2D eigenvalue weighted by Crippen LogP contribution is -2.09. The lowest BCUT2D eigenvalue weighted by molar-refractivity contribution is 0.108. The first-order valence-electron chi connectivity index (χ1n) is 3.60. The van der Waals surface area contributed by atoms with Crippen LogP contribution in [0, 0.1) is 0 Å². The van der Waals surface area contributed by atoms with E-state index in [1.165, 1.54) is 6.07 Å². The van der Waals surface area contributed by atoms with Crippen molar-refractivity contribution in [1.82, 2.24) is 9.78 Å². The van der Waals surface area contributed by atoms with Gasteiger partial charge in [0.1, 0.15) is 11.5 Å². The second-order valence-corrected chi connectivity index (χ2v) is 3.20. The third-order valence-electron chi connectivity index (χ3n) is 1.46. The van der Waals surface area contributed by atoms with Crippen LogP contribution in [0.1, 0.15) is 30.4 Å². The van der Waals surface area contributed by atoms with Gasteiger partial charge in [0.15, 0.2) is 0 Å². The number of anilines is 1. The molecule has 0 saturated heterocycles. The van der Waals surface area contributed by atoms with Crippen LogP contribution in [0.3, 0.4) is 0 Å². The Bertz CT molecular complexity index is 306. The number of nitrogen functional groups attached to an aromatic ring is 1. The zero-order valence-electron chi connectivity index (χ0n) is 6.98. The molecule has 0 unspecified atom stereocenters. The average molecular weight is 185 g/mol. The molecule has 0 atom stereocenters. The largest absolute Gasteiger partial charge is 0.382 e. The summed E-state index contributed by atoms with van der Waals surface area (Å²) in [5.74, 6) is 0.348. The summed E-state index contributed by atoms with van der Waals surface area (Å²) in [7, 11) is 0. The predicted octanol–water partition coefficient (Wildman–Crippen LogP) is 1.12. The molecule has 0 fully saturated rings. The first-order chi connectivity index (χ1) is 5.52. The van der Waals surface area contributed by atoms with Crippen LogP contribution in [-0.4, -0.2) is 14.9 Å². The zero-order chi connectivity index (χ0) is 9.30. The van der Waals surface area contributed by atoms with Crippen LogP contribution in [0.25, 0.3) is 0 Å². The lowest BCUT2D eigenvalue weighted by atomic mass is 10.3. The molecule has 5 heteroatoms. The van der Waals surface area contributed by atoms with E-state index in [4.69, 9.17) is 5.73 Å². The SMILES string of the molecule is CC(C)n1nc(N)cc1C(=O)S. The summed E-state index contributed by atoms with van der Waals surface area (Å²) >= 11 is 3.71. The van der Waals surface area contributed by atoms with Gasteiger partial charge < -0.3 is 5.73 Å². The Balaban J connectivity index is 3.17. The van der Waals surface area contributed by atoms with Crippen LogP contribution < -0.4 is 5.73 Å². The zero-order valence-corrected chi connectivity index (χ0v) is 7.88. The highest BCUT2D eigenvalue weighted by Crippen LogP contribution is 2.13. The van der Waals surface area contributed by atoms with Gasteiger partial charge in [0.2, 0.25) is 5.12 Å². The molecule has 2 N–H and O–H groups in total. The van der Waals surface area contributed by atoms with Gasteiger partial charge in [-0.15, -0.1) is 0 Å². The maximum Gasteiger partial charge on any atom is 0.234 e. The number of hydrogen-bond acceptors (Lipinski definition) is 3. The summed E-state index contributed by atoms with van der Waals surface area (Å²) in [6.07, 6.45) is 0. The highest BCUT2D eigenvalue weighted by Gasteiger charge is 2.12. The van der Waals surface area contributed by atoms with E-state index in [0.29, 0.717) is 11.5 Å². The van der Waals surface area contributed by atoms with Gasteiger partial charge >= 0.3 is 0 Å². The summed E-state index contributed by atoms with van der Waals surface area (Å²) in [5.41, 5.74) is 5.87. The van der Waals surface area contributed by atoms with Gasteiger partial charge in [0, 0.05) is 12.1 Å². The Morgan fingerprint density at radius 3 is 2.67 bits per heavy atom. The molecule has 0 aliphatic carbocycles. The number of carbonyl (C=O) groups is 1. The molecule has 0 bridgehead atoms. The van der Waals surface area contributed by atoms with Crippen LogP contribution >= 0.6 is 12.6 Å². The number of nitrogens with zero attached hydrogens (tertiary/aromatic N) is 2. The van der Waals surface area contributed by atoms with E-state index in [1.54, 1.807) is 4.68 Å². The molecule has 0 aliphatic rings. The third kappa shape index (κ3) is 1.61.